The topological polar surface area (TPSA) is 104 Å². The number of ether oxygens (including phenoxy) is 1. The Morgan fingerprint density at radius 2 is 1.74 bits per heavy atom. The van der Waals surface area contributed by atoms with E-state index in [9.17, 15) is 19.5 Å². The molecule has 2 saturated heterocycles. The van der Waals surface area contributed by atoms with Crippen molar-refractivity contribution < 1.29 is 29.3 Å². The van der Waals surface area contributed by atoms with Crippen molar-refractivity contribution in [3.8, 4) is 5.75 Å². The van der Waals surface area contributed by atoms with Crippen LogP contribution in [0.5, 0.6) is 5.75 Å². The summed E-state index contributed by atoms with van der Waals surface area (Å²) in [5.41, 5.74) is 5.04. The third-order valence-corrected chi connectivity index (χ3v) is 9.52. The molecular weight excluding hydrogens is 542 g/mol. The summed E-state index contributed by atoms with van der Waals surface area (Å²) in [5.74, 6) is -1.34. The molecule has 4 atom stereocenters. The molecule has 2 amide bonds. The van der Waals surface area contributed by atoms with E-state index in [1.54, 1.807) is 6.07 Å². The fourth-order valence-corrected chi connectivity index (χ4v) is 7.58. The van der Waals surface area contributed by atoms with Gasteiger partial charge in [-0.25, -0.2) is 0 Å². The Morgan fingerprint density at radius 3 is 2.49 bits per heavy atom. The Kier molecular flexibility index (Phi) is 10.0. The van der Waals surface area contributed by atoms with Crippen LogP contribution in [-0.4, -0.2) is 52.2 Å². The van der Waals surface area contributed by atoms with Crippen molar-refractivity contribution in [2.24, 2.45) is 17.8 Å². The van der Waals surface area contributed by atoms with Gasteiger partial charge >= 0.3 is 5.97 Å². The minimum atomic E-state index is -0.816. The van der Waals surface area contributed by atoms with E-state index in [0.29, 0.717) is 38.8 Å². The van der Waals surface area contributed by atoms with E-state index in [4.69, 9.17) is 9.84 Å². The summed E-state index contributed by atoms with van der Waals surface area (Å²) in [4.78, 5) is 39.3. The zero-order chi connectivity index (χ0) is 30.5. The number of carbonyl (C=O) groups is 3. The van der Waals surface area contributed by atoms with Crippen molar-refractivity contribution in [2.45, 2.75) is 90.6 Å². The predicted molar refractivity (Wildman–Crippen MR) is 167 cm³/mol. The molecule has 2 aliphatic heterocycles. The number of likely N-dealkylation sites (tertiary alicyclic amines) is 1. The minimum absolute atomic E-state index is 0.0431. The van der Waals surface area contributed by atoms with Gasteiger partial charge in [0.1, 0.15) is 5.75 Å². The Morgan fingerprint density at radius 1 is 0.953 bits per heavy atom. The van der Waals surface area contributed by atoms with Crippen LogP contribution in [0.15, 0.2) is 53.1 Å². The highest BCUT2D eigenvalue weighted by molar-refractivity contribution is 6.06. The molecule has 5 rings (SSSR count). The van der Waals surface area contributed by atoms with Gasteiger partial charge in [-0.05, 0) is 67.5 Å². The molecule has 0 unspecified atom stereocenters. The number of rotatable bonds is 14. The molecule has 0 spiro atoms. The number of amides is 2. The highest BCUT2D eigenvalue weighted by atomic mass is 16.5. The second-order valence-corrected chi connectivity index (χ2v) is 12.4. The monoisotopic (exact) mass is 587 g/mol. The fourth-order valence-electron chi connectivity index (χ4n) is 7.58. The Hall–Kier alpha value is -3.45. The molecule has 2 N–H and O–H groups in total. The first kappa shape index (κ1) is 31.0. The Bertz CT molecular complexity index is 1420. The SMILES string of the molecule is CCCC1=C2[C@@H](CC/C(=C/c3ccc(O)c4ccccc34)CCC)OC[C@@H]2[C@@H]2C(=O)N(CCCCCC(=O)O)C(=O)[C@@H]2C1. The quantitative estimate of drug-likeness (QED) is 0.137. The number of aromatic hydroxyl groups is 1. The maximum atomic E-state index is 13.6. The smallest absolute Gasteiger partial charge is 0.303 e. The lowest BCUT2D eigenvalue weighted by Gasteiger charge is -2.32. The number of unbranched alkanes of at least 4 members (excludes halogenated alkanes) is 2. The van der Waals surface area contributed by atoms with Crippen LogP contribution in [0.1, 0.15) is 90.0 Å². The van der Waals surface area contributed by atoms with Crippen LogP contribution in [0.2, 0.25) is 0 Å². The number of fused-ring (bicyclic) bond motifs is 4. The van der Waals surface area contributed by atoms with E-state index < -0.39 is 5.97 Å². The lowest BCUT2D eigenvalue weighted by Crippen LogP contribution is -2.34. The number of allylic oxidation sites excluding steroid dienone is 2. The number of phenolic OH excluding ortho intramolecular Hbond substituents is 1. The van der Waals surface area contributed by atoms with Crippen LogP contribution >= 0.6 is 0 Å². The lowest BCUT2D eigenvalue weighted by molar-refractivity contribution is -0.141. The predicted octanol–water partition coefficient (Wildman–Crippen LogP) is 7.27. The fraction of sp³-hybridized carbons (Fsp3) is 0.528. The van der Waals surface area contributed by atoms with Crippen LogP contribution in [0.25, 0.3) is 16.8 Å². The second-order valence-electron chi connectivity index (χ2n) is 12.4. The molecule has 0 aromatic heterocycles. The highest BCUT2D eigenvalue weighted by Crippen LogP contribution is 2.50. The summed E-state index contributed by atoms with van der Waals surface area (Å²) in [5, 5.41) is 21.1. The van der Waals surface area contributed by atoms with Gasteiger partial charge in [0.15, 0.2) is 0 Å². The average Bonchev–Trinajstić information content (AvgIpc) is 3.52. The maximum Gasteiger partial charge on any atom is 0.303 e. The van der Waals surface area contributed by atoms with Gasteiger partial charge in [-0.15, -0.1) is 0 Å². The molecule has 7 heteroatoms. The van der Waals surface area contributed by atoms with Gasteiger partial charge in [0.25, 0.3) is 0 Å². The van der Waals surface area contributed by atoms with Crippen LogP contribution in [-0.2, 0) is 19.1 Å². The summed E-state index contributed by atoms with van der Waals surface area (Å²) in [6.45, 7) is 5.20. The first-order valence-electron chi connectivity index (χ1n) is 16.1. The average molecular weight is 588 g/mol. The number of carboxylic acids is 1. The minimum Gasteiger partial charge on any atom is -0.507 e. The second kappa shape index (κ2) is 13.9. The zero-order valence-corrected chi connectivity index (χ0v) is 25.5. The van der Waals surface area contributed by atoms with Crippen molar-refractivity contribution in [2.75, 3.05) is 13.2 Å². The van der Waals surface area contributed by atoms with Gasteiger partial charge in [-0.1, -0.05) is 80.7 Å². The molecule has 7 nitrogen and oxygen atoms in total. The van der Waals surface area contributed by atoms with Crippen LogP contribution in [0.3, 0.4) is 0 Å². The lowest BCUT2D eigenvalue weighted by atomic mass is 9.68. The van der Waals surface area contributed by atoms with E-state index in [2.05, 4.69) is 26.0 Å². The highest BCUT2D eigenvalue weighted by Gasteiger charge is 2.56. The number of nitrogens with zero attached hydrogens (tertiary/aromatic N) is 1. The first-order chi connectivity index (χ1) is 20.8. The zero-order valence-electron chi connectivity index (χ0n) is 25.5. The number of phenols is 1. The van der Waals surface area contributed by atoms with Crippen molar-refractivity contribution >= 4 is 34.6 Å². The maximum absolute atomic E-state index is 13.6. The number of hydrogen-bond acceptors (Lipinski definition) is 5. The number of carbonyl (C=O) groups excluding carboxylic acids is 2. The molecular formula is C36H45NO6. The van der Waals surface area contributed by atoms with Crippen molar-refractivity contribution in [1.29, 1.82) is 0 Å². The number of hydrogen-bond donors (Lipinski definition) is 2. The van der Waals surface area contributed by atoms with Gasteiger partial charge in [-0.2, -0.15) is 0 Å². The molecule has 2 aromatic carbocycles. The van der Waals surface area contributed by atoms with Gasteiger partial charge in [0, 0.05) is 24.3 Å². The van der Waals surface area contributed by atoms with Crippen molar-refractivity contribution in [1.82, 2.24) is 4.90 Å². The molecule has 0 saturated carbocycles. The Labute approximate surface area is 254 Å². The van der Waals surface area contributed by atoms with Gasteiger partial charge < -0.3 is 14.9 Å². The van der Waals surface area contributed by atoms with E-state index in [0.717, 1.165) is 54.9 Å². The van der Waals surface area contributed by atoms with Crippen molar-refractivity contribution in [3.05, 3.63) is 58.7 Å². The van der Waals surface area contributed by atoms with E-state index in [1.165, 1.54) is 21.6 Å². The van der Waals surface area contributed by atoms with E-state index in [1.807, 2.05) is 24.3 Å². The summed E-state index contributed by atoms with van der Waals surface area (Å²) in [6, 6.07) is 11.7. The summed E-state index contributed by atoms with van der Waals surface area (Å²) < 4.78 is 6.45. The summed E-state index contributed by atoms with van der Waals surface area (Å²) in [7, 11) is 0. The van der Waals surface area contributed by atoms with Crippen LogP contribution in [0, 0.1) is 17.8 Å². The number of imide groups is 1. The van der Waals surface area contributed by atoms with Gasteiger partial charge in [0.05, 0.1) is 24.5 Å². The van der Waals surface area contributed by atoms with Gasteiger partial charge in [0.2, 0.25) is 11.8 Å². The Balaban J connectivity index is 1.32. The van der Waals surface area contributed by atoms with Crippen LogP contribution in [0.4, 0.5) is 0 Å². The van der Waals surface area contributed by atoms with Crippen LogP contribution < -0.4 is 0 Å². The number of benzene rings is 2. The molecule has 230 valence electrons. The number of carboxylic acid groups (broad SMARTS) is 1. The van der Waals surface area contributed by atoms with E-state index >= 15 is 0 Å². The molecule has 2 fully saturated rings. The molecule has 3 aliphatic rings. The number of aliphatic carboxylic acids is 1. The normalized spacial score (nSPS) is 23.8. The third-order valence-electron chi connectivity index (χ3n) is 9.52. The summed E-state index contributed by atoms with van der Waals surface area (Å²) >= 11 is 0. The summed E-state index contributed by atoms with van der Waals surface area (Å²) in [6.07, 6.45) is 10.5. The third kappa shape index (κ3) is 6.57. The van der Waals surface area contributed by atoms with E-state index in [-0.39, 0.29) is 47.8 Å². The largest absolute Gasteiger partial charge is 0.507 e. The molecule has 0 bridgehead atoms. The molecule has 1 aliphatic carbocycles. The van der Waals surface area contributed by atoms with Crippen molar-refractivity contribution in [3.63, 3.8) is 0 Å². The standard InChI is InChI=1S/C36H45NO6/c1-3-10-23(20-24-16-17-30(38)27-13-8-7-12-26(24)27)15-18-31-33-25(11-4-2)21-28-34(29(33)22-43-31)36(42)37(35(28)41)19-9-5-6-14-32(39)40/h7-8,12-13,16-17,20,28-29,31,34,38H,3-6,9-11,14-15,18-19,21-22H2,1-2H3,(H,39,40)/b23-20+/t28-,29+,31-,34-/m1/s1. The van der Waals surface area contributed by atoms with Gasteiger partial charge in [-0.3, -0.25) is 19.3 Å². The molecule has 2 heterocycles. The molecule has 0 radical (unpaired) electrons. The first-order valence-corrected chi connectivity index (χ1v) is 16.1. The molecule has 2 aromatic rings. The molecule has 43 heavy (non-hydrogen) atoms.